The third-order valence-electron chi connectivity index (χ3n) is 4.35. The second kappa shape index (κ2) is 9.99. The van der Waals surface area contributed by atoms with Crippen LogP contribution < -0.4 is 15.4 Å². The Morgan fingerprint density at radius 2 is 1.69 bits per heavy atom. The summed E-state index contributed by atoms with van der Waals surface area (Å²) in [6, 6.07) is 14.7. The molecule has 0 unspecified atom stereocenters. The number of amides is 2. The molecule has 7 nitrogen and oxygen atoms in total. The predicted molar refractivity (Wildman–Crippen MR) is 111 cm³/mol. The molecule has 0 saturated heterocycles. The lowest BCUT2D eigenvalue weighted by Gasteiger charge is -2.09. The van der Waals surface area contributed by atoms with Crippen molar-refractivity contribution in [3.05, 3.63) is 77.6 Å². The van der Waals surface area contributed by atoms with E-state index in [0.29, 0.717) is 23.6 Å². The topological polar surface area (TPSA) is 85.3 Å². The number of halogens is 3. The SMILES string of the molecule is CCOc1cccc(C(=O)NCCNC(=O)c2cn(-c3ccccc3)nc2C(F)(F)F)c1. The van der Waals surface area contributed by atoms with Gasteiger partial charge in [-0.15, -0.1) is 0 Å². The molecule has 168 valence electrons. The monoisotopic (exact) mass is 446 g/mol. The summed E-state index contributed by atoms with van der Waals surface area (Å²) < 4.78 is 46.5. The second-order valence-electron chi connectivity index (χ2n) is 6.64. The maximum atomic E-state index is 13.4. The van der Waals surface area contributed by atoms with Crippen molar-refractivity contribution < 1.29 is 27.5 Å². The number of aromatic nitrogens is 2. The number of hydrogen-bond acceptors (Lipinski definition) is 4. The third-order valence-corrected chi connectivity index (χ3v) is 4.35. The van der Waals surface area contributed by atoms with Crippen LogP contribution in [-0.2, 0) is 6.18 Å². The summed E-state index contributed by atoms with van der Waals surface area (Å²) in [7, 11) is 0. The lowest BCUT2D eigenvalue weighted by molar-refractivity contribution is -0.141. The summed E-state index contributed by atoms with van der Waals surface area (Å²) in [4.78, 5) is 24.6. The number of rotatable bonds is 8. The first-order valence-corrected chi connectivity index (χ1v) is 9.81. The quantitative estimate of drug-likeness (QED) is 0.519. The minimum absolute atomic E-state index is 0.0254. The predicted octanol–water partition coefficient (Wildman–Crippen LogP) is 3.45. The minimum atomic E-state index is -4.80. The molecule has 0 fully saturated rings. The molecular formula is C22H21F3N4O3. The van der Waals surface area contributed by atoms with Crippen LogP contribution in [0.4, 0.5) is 13.2 Å². The Kier molecular flexibility index (Phi) is 7.14. The summed E-state index contributed by atoms with van der Waals surface area (Å²) in [6.45, 7) is 2.24. The Hall–Kier alpha value is -3.82. The van der Waals surface area contributed by atoms with Crippen LogP contribution in [0.3, 0.4) is 0 Å². The zero-order valence-electron chi connectivity index (χ0n) is 17.1. The largest absolute Gasteiger partial charge is 0.494 e. The number of carbonyl (C=O) groups is 2. The number of carbonyl (C=O) groups excluding carboxylic acids is 2. The van der Waals surface area contributed by atoms with Gasteiger partial charge >= 0.3 is 6.18 Å². The van der Waals surface area contributed by atoms with Crippen molar-refractivity contribution in [1.29, 1.82) is 0 Å². The normalized spacial score (nSPS) is 11.1. The van der Waals surface area contributed by atoms with E-state index in [-0.39, 0.29) is 13.1 Å². The van der Waals surface area contributed by atoms with E-state index in [1.807, 2.05) is 6.92 Å². The molecule has 0 aliphatic rings. The summed E-state index contributed by atoms with van der Waals surface area (Å²) in [6.07, 6.45) is -3.77. The number of ether oxygens (including phenoxy) is 1. The van der Waals surface area contributed by atoms with Crippen molar-refractivity contribution in [2.75, 3.05) is 19.7 Å². The van der Waals surface area contributed by atoms with Crippen LogP contribution in [-0.4, -0.2) is 41.3 Å². The van der Waals surface area contributed by atoms with Crippen molar-refractivity contribution in [1.82, 2.24) is 20.4 Å². The summed E-state index contributed by atoms with van der Waals surface area (Å²) in [5.74, 6) is -0.788. The second-order valence-corrected chi connectivity index (χ2v) is 6.64. The summed E-state index contributed by atoms with van der Waals surface area (Å²) >= 11 is 0. The molecule has 2 amide bonds. The van der Waals surface area contributed by atoms with Gasteiger partial charge in [0.05, 0.1) is 17.9 Å². The molecular weight excluding hydrogens is 425 g/mol. The van der Waals surface area contributed by atoms with E-state index in [1.54, 1.807) is 54.6 Å². The number of alkyl halides is 3. The number of benzene rings is 2. The van der Waals surface area contributed by atoms with Crippen LogP contribution >= 0.6 is 0 Å². The highest BCUT2D eigenvalue weighted by Gasteiger charge is 2.39. The summed E-state index contributed by atoms with van der Waals surface area (Å²) in [5, 5.41) is 8.52. The molecule has 0 saturated carbocycles. The molecule has 1 heterocycles. The van der Waals surface area contributed by atoms with Crippen molar-refractivity contribution >= 4 is 11.8 Å². The molecule has 3 aromatic rings. The molecule has 0 radical (unpaired) electrons. The lowest BCUT2D eigenvalue weighted by Crippen LogP contribution is -2.35. The van der Waals surface area contributed by atoms with Crippen molar-refractivity contribution in [3.8, 4) is 11.4 Å². The fraction of sp³-hybridized carbons (Fsp3) is 0.227. The Labute approximate surface area is 182 Å². The fourth-order valence-electron chi connectivity index (χ4n) is 2.91. The zero-order chi connectivity index (χ0) is 23.1. The van der Waals surface area contributed by atoms with Crippen molar-refractivity contribution in [2.24, 2.45) is 0 Å². The smallest absolute Gasteiger partial charge is 0.435 e. The Balaban J connectivity index is 1.62. The highest BCUT2D eigenvalue weighted by atomic mass is 19.4. The van der Waals surface area contributed by atoms with Crippen LogP contribution in [0, 0.1) is 0 Å². The number of nitrogens with one attached hydrogen (secondary N) is 2. The number of nitrogens with zero attached hydrogens (tertiary/aromatic N) is 2. The van der Waals surface area contributed by atoms with Gasteiger partial charge in [-0.05, 0) is 37.3 Å². The molecule has 0 bridgehead atoms. The van der Waals surface area contributed by atoms with Gasteiger partial charge in [0, 0.05) is 24.8 Å². The average Bonchev–Trinajstić information content (AvgIpc) is 3.24. The molecule has 2 aromatic carbocycles. The molecule has 3 rings (SSSR count). The maximum Gasteiger partial charge on any atom is 0.435 e. The van der Waals surface area contributed by atoms with Gasteiger partial charge in [0.15, 0.2) is 5.69 Å². The number of hydrogen-bond donors (Lipinski definition) is 2. The molecule has 0 aliphatic carbocycles. The molecule has 0 atom stereocenters. The Morgan fingerprint density at radius 1 is 1.00 bits per heavy atom. The van der Waals surface area contributed by atoms with Gasteiger partial charge in [0.2, 0.25) is 0 Å². The molecule has 1 aromatic heterocycles. The van der Waals surface area contributed by atoms with E-state index in [9.17, 15) is 22.8 Å². The summed E-state index contributed by atoms with van der Waals surface area (Å²) in [5.41, 5.74) is -1.13. The van der Waals surface area contributed by atoms with Gasteiger partial charge in [-0.1, -0.05) is 24.3 Å². The molecule has 0 aliphatic heterocycles. The van der Waals surface area contributed by atoms with E-state index in [1.165, 1.54) is 0 Å². The molecule has 0 spiro atoms. The maximum absolute atomic E-state index is 13.4. The standard InChI is InChI=1S/C22H21F3N4O3/c1-2-32-17-10-6-7-15(13-17)20(30)26-11-12-27-21(31)18-14-29(16-8-4-3-5-9-16)28-19(18)22(23,24)25/h3-10,13-14H,2,11-12H2,1H3,(H,26,30)(H,27,31). The van der Waals surface area contributed by atoms with Crippen molar-refractivity contribution in [2.45, 2.75) is 13.1 Å². The Morgan fingerprint density at radius 3 is 2.34 bits per heavy atom. The molecule has 32 heavy (non-hydrogen) atoms. The van der Waals surface area contributed by atoms with Gasteiger partial charge in [-0.3, -0.25) is 9.59 Å². The van der Waals surface area contributed by atoms with Gasteiger partial charge in [-0.25, -0.2) is 4.68 Å². The van der Waals surface area contributed by atoms with E-state index in [2.05, 4.69) is 15.7 Å². The van der Waals surface area contributed by atoms with Crippen LogP contribution in [0.2, 0.25) is 0 Å². The van der Waals surface area contributed by atoms with E-state index < -0.39 is 29.2 Å². The highest BCUT2D eigenvalue weighted by Crippen LogP contribution is 2.31. The van der Waals surface area contributed by atoms with Gasteiger partial charge in [-0.2, -0.15) is 18.3 Å². The first-order chi connectivity index (χ1) is 15.3. The lowest BCUT2D eigenvalue weighted by atomic mass is 10.2. The van der Waals surface area contributed by atoms with Gasteiger partial charge < -0.3 is 15.4 Å². The van der Waals surface area contributed by atoms with Crippen LogP contribution in [0.25, 0.3) is 5.69 Å². The van der Waals surface area contributed by atoms with E-state index in [4.69, 9.17) is 4.74 Å². The molecule has 2 N–H and O–H groups in total. The first-order valence-electron chi connectivity index (χ1n) is 9.81. The van der Waals surface area contributed by atoms with Crippen LogP contribution in [0.5, 0.6) is 5.75 Å². The van der Waals surface area contributed by atoms with Crippen molar-refractivity contribution in [3.63, 3.8) is 0 Å². The Bertz CT molecular complexity index is 1080. The minimum Gasteiger partial charge on any atom is -0.494 e. The average molecular weight is 446 g/mol. The first kappa shape index (κ1) is 22.9. The van der Waals surface area contributed by atoms with Crippen LogP contribution in [0.15, 0.2) is 60.8 Å². The zero-order valence-corrected chi connectivity index (χ0v) is 17.1. The van der Waals surface area contributed by atoms with E-state index in [0.717, 1.165) is 10.9 Å². The number of para-hydroxylation sites is 1. The fourth-order valence-corrected chi connectivity index (χ4v) is 2.91. The highest BCUT2D eigenvalue weighted by molar-refractivity contribution is 5.96. The van der Waals surface area contributed by atoms with E-state index >= 15 is 0 Å². The van der Waals surface area contributed by atoms with Gasteiger partial charge in [0.1, 0.15) is 5.75 Å². The van der Waals surface area contributed by atoms with Gasteiger partial charge in [0.25, 0.3) is 11.8 Å². The third kappa shape index (κ3) is 5.65. The molecule has 10 heteroatoms. The van der Waals surface area contributed by atoms with Crippen LogP contribution in [0.1, 0.15) is 33.3 Å².